The molecule has 1 aliphatic rings. The topological polar surface area (TPSA) is 103 Å². The Morgan fingerprint density at radius 2 is 1.97 bits per heavy atom. The fraction of sp³-hybridized carbons (Fsp3) is 0.500. The summed E-state index contributed by atoms with van der Waals surface area (Å²) in [7, 11) is 0. The molecule has 2 unspecified atom stereocenters. The fourth-order valence-corrected chi connectivity index (χ4v) is 5.16. The molecule has 7 nitrogen and oxygen atoms in total. The van der Waals surface area contributed by atoms with Crippen molar-refractivity contribution in [1.82, 2.24) is 9.71 Å². The minimum Gasteiger partial charge on any atom is -0.598 e. The molecule has 2 N–H and O–H groups in total. The Morgan fingerprint density at radius 3 is 2.61 bits per heavy atom. The fourth-order valence-electron chi connectivity index (χ4n) is 3.50. The second-order valence-electron chi connectivity index (χ2n) is 10.8. The minimum atomic E-state index is -1.31. The van der Waals surface area contributed by atoms with Gasteiger partial charge in [-0.2, -0.15) is 0 Å². The summed E-state index contributed by atoms with van der Waals surface area (Å²) in [6, 6.07) is 3.81. The van der Waals surface area contributed by atoms with Crippen LogP contribution in [0.2, 0.25) is 0 Å². The van der Waals surface area contributed by atoms with Crippen molar-refractivity contribution in [3.8, 4) is 0 Å². The highest BCUT2D eigenvalue weighted by molar-refractivity contribution is 7.90. The molecule has 0 bridgehead atoms. The summed E-state index contributed by atoms with van der Waals surface area (Å²) in [5.41, 5.74) is 1.14. The van der Waals surface area contributed by atoms with E-state index < -0.39 is 39.4 Å². The number of allylic oxidation sites excluding steroid dienone is 1. The predicted octanol–water partition coefficient (Wildman–Crippen LogP) is 5.43. The molecule has 3 atom stereocenters. The number of carbonyl (C=O) groups excluding carboxylic acids is 2. The predicted molar refractivity (Wildman–Crippen MR) is 143 cm³/mol. The highest BCUT2D eigenvalue weighted by atomic mass is 32.2. The molecule has 0 saturated heterocycles. The summed E-state index contributed by atoms with van der Waals surface area (Å²) < 4.78 is 34.6. The van der Waals surface area contributed by atoms with Crippen LogP contribution in [-0.4, -0.2) is 38.2 Å². The lowest BCUT2D eigenvalue weighted by Crippen LogP contribution is -2.40. The number of thiazole rings is 1. The molecule has 0 spiro atoms. The van der Waals surface area contributed by atoms with Gasteiger partial charge in [-0.1, -0.05) is 6.08 Å². The van der Waals surface area contributed by atoms with Gasteiger partial charge in [0.05, 0.1) is 17.7 Å². The van der Waals surface area contributed by atoms with E-state index in [0.29, 0.717) is 29.9 Å². The van der Waals surface area contributed by atoms with Crippen molar-refractivity contribution in [1.29, 1.82) is 0 Å². The van der Waals surface area contributed by atoms with Gasteiger partial charge in [-0.05, 0) is 73.1 Å². The lowest BCUT2D eigenvalue weighted by Gasteiger charge is -2.25. The first-order valence-electron chi connectivity index (χ1n) is 11.8. The van der Waals surface area contributed by atoms with Crippen LogP contribution in [0.3, 0.4) is 0 Å². The third kappa shape index (κ3) is 7.15. The van der Waals surface area contributed by atoms with Crippen LogP contribution in [0.5, 0.6) is 0 Å². The largest absolute Gasteiger partial charge is 0.598 e. The number of carbonyl (C=O) groups is 2. The number of hydrogen-bond acceptors (Lipinski definition) is 8. The molecule has 10 heteroatoms. The van der Waals surface area contributed by atoms with Gasteiger partial charge in [0, 0.05) is 40.1 Å². The second kappa shape index (κ2) is 11.0. The van der Waals surface area contributed by atoms with Crippen molar-refractivity contribution < 1.29 is 23.3 Å². The molecule has 1 aliphatic heterocycles. The maximum atomic E-state index is 14.0. The Balaban J connectivity index is 1.97. The van der Waals surface area contributed by atoms with Crippen LogP contribution in [-0.2, 0) is 20.9 Å². The smallest absolute Gasteiger partial charge is 0.313 e. The van der Waals surface area contributed by atoms with Crippen molar-refractivity contribution in [3.63, 3.8) is 0 Å². The molecule has 0 aliphatic carbocycles. The van der Waals surface area contributed by atoms with Gasteiger partial charge in [-0.15, -0.1) is 16.1 Å². The number of nitrogens with zero attached hydrogens (tertiary/aromatic N) is 1. The first-order valence-corrected chi connectivity index (χ1v) is 13.9. The molecule has 3 rings (SSSR count). The number of aromatic nitrogens is 1. The van der Waals surface area contributed by atoms with Crippen LogP contribution in [0.4, 0.5) is 10.1 Å². The van der Waals surface area contributed by atoms with Gasteiger partial charge in [0.2, 0.25) is 5.78 Å². The standard InChI is InChI=1S/C26H34FN3O4S2/c1-15(30-36(33)26(5,6)7)21-14-35-23(29-21)22(31)19-12-16(24(32)34-25(2,3)4)10-11-28-20-13-17(27)8-9-18(19)20/h8-9,12-16,28,30H,10-11H2,1-7H3/b19-12+/t15-,16?,36?/m0/s1. The molecule has 0 fully saturated rings. The molecular weight excluding hydrogens is 501 g/mol. The maximum Gasteiger partial charge on any atom is 0.313 e. The zero-order chi connectivity index (χ0) is 26.8. The number of esters is 1. The number of benzene rings is 1. The van der Waals surface area contributed by atoms with Crippen LogP contribution >= 0.6 is 11.3 Å². The van der Waals surface area contributed by atoms with Crippen molar-refractivity contribution in [2.45, 2.75) is 71.3 Å². The number of hydrogen-bond donors (Lipinski definition) is 2. The number of anilines is 1. The number of Topliss-reactive ketones (excluding diaryl/α,β-unsaturated/α-hetero) is 1. The van der Waals surface area contributed by atoms with Gasteiger partial charge in [-0.25, -0.2) is 9.37 Å². The highest BCUT2D eigenvalue weighted by Crippen LogP contribution is 2.33. The Hall–Kier alpha value is -2.27. The van der Waals surface area contributed by atoms with Crippen molar-refractivity contribution in [3.05, 3.63) is 51.7 Å². The van der Waals surface area contributed by atoms with Crippen LogP contribution in [0, 0.1) is 11.7 Å². The first-order chi connectivity index (χ1) is 16.7. The lowest BCUT2D eigenvalue weighted by molar-refractivity contribution is -0.158. The molecule has 0 amide bonds. The molecule has 196 valence electrons. The van der Waals surface area contributed by atoms with E-state index in [-0.39, 0.29) is 22.4 Å². The van der Waals surface area contributed by atoms with E-state index >= 15 is 0 Å². The first kappa shape index (κ1) is 28.3. The number of fused-ring (bicyclic) bond motifs is 1. The van der Waals surface area contributed by atoms with Crippen LogP contribution in [0.1, 0.15) is 82.0 Å². The Labute approximate surface area is 219 Å². The molecule has 1 aromatic carbocycles. The quantitative estimate of drug-likeness (QED) is 0.289. The summed E-state index contributed by atoms with van der Waals surface area (Å²) in [5, 5.41) is 5.13. The Bertz CT molecular complexity index is 1150. The monoisotopic (exact) mass is 535 g/mol. The summed E-state index contributed by atoms with van der Waals surface area (Å²) in [6.07, 6.45) is 2.00. The summed E-state index contributed by atoms with van der Waals surface area (Å²) in [5.74, 6) is -1.90. The summed E-state index contributed by atoms with van der Waals surface area (Å²) in [6.45, 7) is 13.2. The van der Waals surface area contributed by atoms with Gasteiger partial charge in [0.1, 0.15) is 16.2 Å². The summed E-state index contributed by atoms with van der Waals surface area (Å²) in [4.78, 5) is 31.1. The van der Waals surface area contributed by atoms with Gasteiger partial charge in [0.15, 0.2) is 5.01 Å². The van der Waals surface area contributed by atoms with E-state index in [1.54, 1.807) is 32.2 Å². The van der Waals surface area contributed by atoms with Crippen LogP contribution in [0.15, 0.2) is 29.7 Å². The minimum absolute atomic E-state index is 0.227. The SMILES string of the molecule is C[C@H](N[S+]([O-])C(C)(C)C)c1csc(C(=O)/C2=C/C(C(=O)OC(C)(C)C)CCNc3cc(F)ccc32)n1. The molecule has 36 heavy (non-hydrogen) atoms. The van der Waals surface area contributed by atoms with Gasteiger partial charge < -0.3 is 14.6 Å². The van der Waals surface area contributed by atoms with Crippen LogP contribution < -0.4 is 10.0 Å². The number of ether oxygens (including phenoxy) is 1. The van der Waals surface area contributed by atoms with Crippen molar-refractivity contribution in [2.24, 2.45) is 5.92 Å². The Kier molecular flexibility index (Phi) is 8.65. The molecule has 2 heterocycles. The van der Waals surface area contributed by atoms with Gasteiger partial charge >= 0.3 is 5.97 Å². The molecule has 0 radical (unpaired) electrons. The zero-order valence-electron chi connectivity index (χ0n) is 21.7. The number of ketones is 1. The third-order valence-corrected chi connectivity index (χ3v) is 7.90. The lowest BCUT2D eigenvalue weighted by atomic mass is 9.91. The average Bonchev–Trinajstić information content (AvgIpc) is 3.23. The molecule has 2 aromatic rings. The van der Waals surface area contributed by atoms with Gasteiger partial charge in [0.25, 0.3) is 0 Å². The molecular formula is C26H34FN3O4S2. The van der Waals surface area contributed by atoms with Crippen molar-refractivity contribution >= 4 is 45.7 Å². The van der Waals surface area contributed by atoms with Crippen molar-refractivity contribution in [2.75, 3.05) is 11.9 Å². The third-order valence-electron chi connectivity index (χ3n) is 5.36. The van der Waals surface area contributed by atoms with E-state index in [4.69, 9.17) is 4.74 Å². The second-order valence-corrected chi connectivity index (χ2v) is 13.6. The number of nitrogens with one attached hydrogen (secondary N) is 2. The van der Waals surface area contributed by atoms with E-state index in [1.807, 2.05) is 27.7 Å². The number of halogens is 1. The maximum absolute atomic E-state index is 14.0. The van der Waals surface area contributed by atoms with Crippen LogP contribution in [0.25, 0.3) is 5.57 Å². The van der Waals surface area contributed by atoms with E-state index in [9.17, 15) is 18.5 Å². The van der Waals surface area contributed by atoms with Gasteiger partial charge in [-0.3, -0.25) is 9.59 Å². The molecule has 1 aromatic heterocycles. The number of rotatable bonds is 6. The van der Waals surface area contributed by atoms with E-state index in [1.165, 1.54) is 29.5 Å². The Morgan fingerprint density at radius 1 is 1.28 bits per heavy atom. The van der Waals surface area contributed by atoms with E-state index in [2.05, 4.69) is 15.0 Å². The van der Waals surface area contributed by atoms with E-state index in [0.717, 1.165) is 0 Å². The summed E-state index contributed by atoms with van der Waals surface area (Å²) >= 11 is -0.133. The normalized spacial score (nSPS) is 19.6. The average molecular weight is 536 g/mol. The zero-order valence-corrected chi connectivity index (χ0v) is 23.4. The highest BCUT2D eigenvalue weighted by Gasteiger charge is 2.31. The molecule has 0 saturated carbocycles.